The molecule has 0 aromatic heterocycles. The van der Waals surface area contributed by atoms with Crippen molar-refractivity contribution in [3.05, 3.63) is 29.3 Å². The number of aliphatic hydroxyl groups excluding tert-OH is 1. The van der Waals surface area contributed by atoms with E-state index in [1.165, 1.54) is 0 Å². The summed E-state index contributed by atoms with van der Waals surface area (Å²) in [6, 6.07) is 7.66. The third-order valence-electron chi connectivity index (χ3n) is 2.07. The van der Waals surface area contributed by atoms with E-state index in [-0.39, 0.29) is 6.10 Å². The summed E-state index contributed by atoms with van der Waals surface area (Å²) in [6.07, 6.45) is 0.332. The van der Waals surface area contributed by atoms with Crippen LogP contribution in [0.25, 0.3) is 0 Å². The first-order valence-corrected chi connectivity index (χ1v) is 6.73. The zero-order chi connectivity index (χ0) is 11.8. The van der Waals surface area contributed by atoms with E-state index in [0.29, 0.717) is 25.4 Å². The van der Waals surface area contributed by atoms with Crippen LogP contribution in [-0.4, -0.2) is 30.2 Å². The van der Waals surface area contributed by atoms with Gasteiger partial charge in [-0.25, -0.2) is 0 Å². The second kappa shape index (κ2) is 7.96. The number of benzene rings is 1. The fraction of sp³-hybridized carbons (Fsp3) is 0.500. The topological polar surface area (TPSA) is 29.5 Å². The molecule has 16 heavy (non-hydrogen) atoms. The van der Waals surface area contributed by atoms with Crippen LogP contribution in [0.3, 0.4) is 0 Å². The van der Waals surface area contributed by atoms with Crippen molar-refractivity contribution in [2.75, 3.05) is 19.0 Å². The number of hydrogen-bond acceptors (Lipinski definition) is 3. The molecule has 4 heteroatoms. The van der Waals surface area contributed by atoms with Crippen LogP contribution in [0, 0.1) is 0 Å². The highest BCUT2D eigenvalue weighted by Gasteiger charge is 2.06. The summed E-state index contributed by atoms with van der Waals surface area (Å²) in [5.41, 5.74) is 0. The van der Waals surface area contributed by atoms with Crippen molar-refractivity contribution in [1.29, 1.82) is 0 Å². The van der Waals surface area contributed by atoms with Crippen LogP contribution < -0.4 is 0 Å². The average Bonchev–Trinajstić information content (AvgIpc) is 2.28. The molecule has 1 aromatic carbocycles. The minimum absolute atomic E-state index is 0.340. The van der Waals surface area contributed by atoms with Crippen LogP contribution >= 0.6 is 23.4 Å². The van der Waals surface area contributed by atoms with Gasteiger partial charge in [-0.1, -0.05) is 23.7 Å². The van der Waals surface area contributed by atoms with Gasteiger partial charge >= 0.3 is 0 Å². The lowest BCUT2D eigenvalue weighted by Crippen LogP contribution is -2.13. The van der Waals surface area contributed by atoms with Gasteiger partial charge in [0.25, 0.3) is 0 Å². The van der Waals surface area contributed by atoms with E-state index in [0.717, 1.165) is 9.92 Å². The number of hydrogen-bond donors (Lipinski definition) is 1. The summed E-state index contributed by atoms with van der Waals surface area (Å²) < 4.78 is 5.18. The lowest BCUT2D eigenvalue weighted by molar-refractivity contribution is 0.0987. The molecule has 0 bridgehead atoms. The van der Waals surface area contributed by atoms with Crippen LogP contribution in [0.1, 0.15) is 13.3 Å². The second-order valence-electron chi connectivity index (χ2n) is 3.38. The molecule has 0 aliphatic heterocycles. The molecule has 0 saturated heterocycles. The van der Waals surface area contributed by atoms with E-state index in [1.807, 2.05) is 31.2 Å². The van der Waals surface area contributed by atoms with E-state index < -0.39 is 0 Å². The highest BCUT2D eigenvalue weighted by molar-refractivity contribution is 7.99. The van der Waals surface area contributed by atoms with Gasteiger partial charge in [-0.15, -0.1) is 11.8 Å². The molecule has 1 rings (SSSR count). The molecule has 1 N–H and O–H groups in total. The van der Waals surface area contributed by atoms with Crippen molar-refractivity contribution in [2.24, 2.45) is 0 Å². The van der Waals surface area contributed by atoms with Crippen molar-refractivity contribution in [3.8, 4) is 0 Å². The van der Waals surface area contributed by atoms with Crippen LogP contribution in [0.4, 0.5) is 0 Å². The molecule has 1 aromatic rings. The minimum atomic E-state index is -0.340. The Hall–Kier alpha value is -0.220. The maximum atomic E-state index is 9.68. The molecular weight excluding hydrogens is 244 g/mol. The van der Waals surface area contributed by atoms with Crippen LogP contribution in [0.5, 0.6) is 0 Å². The van der Waals surface area contributed by atoms with Crippen molar-refractivity contribution < 1.29 is 9.84 Å². The van der Waals surface area contributed by atoms with Crippen LogP contribution in [0.15, 0.2) is 29.2 Å². The first kappa shape index (κ1) is 13.8. The maximum Gasteiger partial charge on any atom is 0.0656 e. The summed E-state index contributed by atoms with van der Waals surface area (Å²) in [5.74, 6) is 0.650. The molecule has 0 aliphatic carbocycles. The lowest BCUT2D eigenvalue weighted by Gasteiger charge is -2.10. The highest BCUT2D eigenvalue weighted by Crippen LogP contribution is 2.27. The smallest absolute Gasteiger partial charge is 0.0656 e. The van der Waals surface area contributed by atoms with Crippen LogP contribution in [0.2, 0.25) is 5.02 Å². The second-order valence-corrected chi connectivity index (χ2v) is 4.85. The molecule has 0 spiro atoms. The Morgan fingerprint density at radius 1 is 1.44 bits per heavy atom. The monoisotopic (exact) mass is 260 g/mol. The van der Waals surface area contributed by atoms with Gasteiger partial charge in [0, 0.05) is 23.9 Å². The Morgan fingerprint density at radius 2 is 2.19 bits per heavy atom. The molecule has 0 heterocycles. The molecule has 1 unspecified atom stereocenters. The normalized spacial score (nSPS) is 12.7. The van der Waals surface area contributed by atoms with E-state index in [4.69, 9.17) is 16.3 Å². The van der Waals surface area contributed by atoms with Gasteiger partial charge in [0.2, 0.25) is 0 Å². The van der Waals surface area contributed by atoms with Gasteiger partial charge < -0.3 is 9.84 Å². The van der Waals surface area contributed by atoms with Gasteiger partial charge in [0.1, 0.15) is 0 Å². The summed E-state index contributed by atoms with van der Waals surface area (Å²) in [5, 5.41) is 10.4. The molecule has 1 atom stereocenters. The van der Waals surface area contributed by atoms with Crippen molar-refractivity contribution in [3.63, 3.8) is 0 Å². The summed E-state index contributed by atoms with van der Waals surface area (Å²) in [6.45, 7) is 3.26. The van der Waals surface area contributed by atoms with Gasteiger partial charge in [0.15, 0.2) is 0 Å². The molecule has 0 fully saturated rings. The van der Waals surface area contributed by atoms with Gasteiger partial charge in [-0.2, -0.15) is 0 Å². The van der Waals surface area contributed by atoms with Gasteiger partial charge in [-0.3, -0.25) is 0 Å². The fourth-order valence-electron chi connectivity index (χ4n) is 1.19. The first-order chi connectivity index (χ1) is 7.74. The largest absolute Gasteiger partial charge is 0.392 e. The molecule has 2 nitrogen and oxygen atoms in total. The van der Waals surface area contributed by atoms with E-state index in [9.17, 15) is 5.11 Å². The van der Waals surface area contributed by atoms with E-state index in [1.54, 1.807) is 11.8 Å². The SMILES string of the molecule is CCOCCC(O)CSc1ccccc1Cl. The number of ether oxygens (including phenoxy) is 1. The van der Waals surface area contributed by atoms with Crippen molar-refractivity contribution in [1.82, 2.24) is 0 Å². The maximum absolute atomic E-state index is 9.68. The van der Waals surface area contributed by atoms with Gasteiger partial charge in [-0.05, 0) is 25.5 Å². The summed E-state index contributed by atoms with van der Waals surface area (Å²) in [4.78, 5) is 1.01. The third kappa shape index (κ3) is 5.21. The Balaban J connectivity index is 2.26. The number of aliphatic hydroxyl groups is 1. The summed E-state index contributed by atoms with van der Waals surface area (Å²) in [7, 11) is 0. The molecule has 0 radical (unpaired) electrons. The number of rotatable bonds is 7. The molecule has 90 valence electrons. The van der Waals surface area contributed by atoms with E-state index in [2.05, 4.69) is 0 Å². The highest BCUT2D eigenvalue weighted by atomic mass is 35.5. The Kier molecular flexibility index (Phi) is 6.88. The number of thioether (sulfide) groups is 1. The zero-order valence-corrected chi connectivity index (χ0v) is 10.9. The Bertz CT molecular complexity index is 307. The molecule has 0 saturated carbocycles. The zero-order valence-electron chi connectivity index (χ0n) is 9.36. The van der Waals surface area contributed by atoms with Crippen molar-refractivity contribution >= 4 is 23.4 Å². The first-order valence-electron chi connectivity index (χ1n) is 5.37. The Morgan fingerprint density at radius 3 is 2.88 bits per heavy atom. The predicted molar refractivity (Wildman–Crippen MR) is 69.3 cm³/mol. The predicted octanol–water partition coefficient (Wildman–Crippen LogP) is 3.22. The minimum Gasteiger partial charge on any atom is -0.392 e. The van der Waals surface area contributed by atoms with Crippen LogP contribution in [-0.2, 0) is 4.74 Å². The summed E-state index contributed by atoms with van der Waals surface area (Å²) >= 11 is 7.58. The standard InChI is InChI=1S/C12H17ClO2S/c1-2-15-8-7-10(14)9-16-12-6-4-3-5-11(12)13/h3-6,10,14H,2,7-9H2,1H3. The Labute approximate surface area is 106 Å². The number of halogens is 1. The third-order valence-corrected chi connectivity index (χ3v) is 3.73. The fourth-order valence-corrected chi connectivity index (χ4v) is 2.41. The molecule has 0 aliphatic rings. The van der Waals surface area contributed by atoms with Crippen molar-refractivity contribution in [2.45, 2.75) is 24.3 Å². The van der Waals surface area contributed by atoms with E-state index >= 15 is 0 Å². The quantitative estimate of drug-likeness (QED) is 0.603. The lowest BCUT2D eigenvalue weighted by atomic mass is 10.3. The molecular formula is C12H17ClO2S. The van der Waals surface area contributed by atoms with Gasteiger partial charge in [0.05, 0.1) is 11.1 Å². The molecule has 0 amide bonds. The average molecular weight is 261 g/mol.